The van der Waals surface area contributed by atoms with E-state index in [1.165, 1.54) is 11.3 Å². The summed E-state index contributed by atoms with van der Waals surface area (Å²) in [6.07, 6.45) is 0. The first-order valence-electron chi connectivity index (χ1n) is 9.87. The van der Waals surface area contributed by atoms with Crippen molar-refractivity contribution in [1.82, 2.24) is 9.88 Å². The molecule has 6 nitrogen and oxygen atoms in total. The van der Waals surface area contributed by atoms with E-state index in [4.69, 9.17) is 4.74 Å². The molecule has 1 amide bonds. The van der Waals surface area contributed by atoms with Crippen molar-refractivity contribution in [3.63, 3.8) is 0 Å². The standard InChI is InChI=1S/C23H21N3O3S/c1-29-16-8-6-15(7-9-16)25-10-12-26(13-11-25)23(28)20-14-18-21(30-20)17-4-2-3-5-19(17)24-22(18)27/h2-9,14H,10-13H2,1H3,(H,24,27). The lowest BCUT2D eigenvalue weighted by Gasteiger charge is -2.36. The van der Waals surface area contributed by atoms with E-state index in [1.54, 1.807) is 13.2 Å². The number of thiophene rings is 1. The van der Waals surface area contributed by atoms with Crippen molar-refractivity contribution in [3.8, 4) is 5.75 Å². The Balaban J connectivity index is 1.36. The van der Waals surface area contributed by atoms with Crippen LogP contribution in [0.25, 0.3) is 21.0 Å². The summed E-state index contributed by atoms with van der Waals surface area (Å²) < 4.78 is 6.09. The summed E-state index contributed by atoms with van der Waals surface area (Å²) >= 11 is 1.41. The number of amides is 1. The number of anilines is 1. The minimum atomic E-state index is -0.150. The summed E-state index contributed by atoms with van der Waals surface area (Å²) in [4.78, 5) is 33.3. The maximum Gasteiger partial charge on any atom is 0.264 e. The number of fused-ring (bicyclic) bond motifs is 3. The molecule has 152 valence electrons. The average molecular weight is 420 g/mol. The van der Waals surface area contributed by atoms with Gasteiger partial charge in [-0.2, -0.15) is 0 Å². The van der Waals surface area contributed by atoms with Gasteiger partial charge in [-0.15, -0.1) is 11.3 Å². The highest BCUT2D eigenvalue weighted by atomic mass is 32.1. The van der Waals surface area contributed by atoms with Gasteiger partial charge in [0.15, 0.2) is 0 Å². The number of rotatable bonds is 3. The predicted molar refractivity (Wildman–Crippen MR) is 121 cm³/mol. The molecular weight excluding hydrogens is 398 g/mol. The number of carbonyl (C=O) groups is 1. The van der Waals surface area contributed by atoms with Gasteiger partial charge in [0.1, 0.15) is 5.75 Å². The van der Waals surface area contributed by atoms with Crippen LogP contribution < -0.4 is 15.2 Å². The Morgan fingerprint density at radius 3 is 2.47 bits per heavy atom. The summed E-state index contributed by atoms with van der Waals surface area (Å²) in [6, 6.07) is 17.4. The Morgan fingerprint density at radius 1 is 1.00 bits per heavy atom. The molecule has 30 heavy (non-hydrogen) atoms. The molecule has 2 aromatic carbocycles. The van der Waals surface area contributed by atoms with Crippen LogP contribution in [-0.2, 0) is 0 Å². The molecule has 1 fully saturated rings. The van der Waals surface area contributed by atoms with Crippen LogP contribution in [0.15, 0.2) is 59.4 Å². The quantitative estimate of drug-likeness (QED) is 0.550. The van der Waals surface area contributed by atoms with Crippen LogP contribution in [0.2, 0.25) is 0 Å². The Bertz CT molecular complexity index is 1280. The monoisotopic (exact) mass is 419 g/mol. The van der Waals surface area contributed by atoms with Crippen LogP contribution in [0.3, 0.4) is 0 Å². The number of para-hydroxylation sites is 1. The van der Waals surface area contributed by atoms with E-state index in [2.05, 4.69) is 9.88 Å². The molecule has 2 aromatic heterocycles. The van der Waals surface area contributed by atoms with Gasteiger partial charge in [-0.05, 0) is 36.4 Å². The fraction of sp³-hybridized carbons (Fsp3) is 0.217. The van der Waals surface area contributed by atoms with Crippen molar-refractivity contribution in [2.45, 2.75) is 0 Å². The number of piperazine rings is 1. The lowest BCUT2D eigenvalue weighted by molar-refractivity contribution is 0.0752. The van der Waals surface area contributed by atoms with Crippen LogP contribution in [0.4, 0.5) is 5.69 Å². The number of hydrogen-bond donors (Lipinski definition) is 1. The Kier molecular flexibility index (Phi) is 4.67. The molecule has 0 aliphatic carbocycles. The van der Waals surface area contributed by atoms with Gasteiger partial charge in [0.05, 0.1) is 17.4 Å². The number of ether oxygens (including phenoxy) is 1. The minimum Gasteiger partial charge on any atom is -0.497 e. The number of aromatic amines is 1. The average Bonchev–Trinajstić information content (AvgIpc) is 3.25. The minimum absolute atomic E-state index is 0.00550. The van der Waals surface area contributed by atoms with Gasteiger partial charge in [0.25, 0.3) is 11.5 Å². The molecular formula is C23H21N3O3S. The largest absolute Gasteiger partial charge is 0.497 e. The van der Waals surface area contributed by atoms with Crippen LogP contribution in [0.5, 0.6) is 5.75 Å². The number of benzene rings is 2. The molecule has 1 saturated heterocycles. The zero-order valence-electron chi connectivity index (χ0n) is 16.6. The highest BCUT2D eigenvalue weighted by molar-refractivity contribution is 7.21. The summed E-state index contributed by atoms with van der Waals surface area (Å²) in [7, 11) is 1.66. The molecule has 0 atom stereocenters. The predicted octanol–water partition coefficient (Wildman–Crippen LogP) is 3.71. The van der Waals surface area contributed by atoms with Gasteiger partial charge < -0.3 is 19.5 Å². The second kappa shape index (κ2) is 7.50. The molecule has 3 heterocycles. The van der Waals surface area contributed by atoms with Crippen LogP contribution in [0, 0.1) is 0 Å². The van der Waals surface area contributed by atoms with E-state index in [9.17, 15) is 9.59 Å². The number of methoxy groups -OCH3 is 1. The first kappa shape index (κ1) is 18.7. The molecule has 0 unspecified atom stereocenters. The lowest BCUT2D eigenvalue weighted by Crippen LogP contribution is -2.48. The summed E-state index contributed by atoms with van der Waals surface area (Å²) in [5, 5.41) is 1.55. The van der Waals surface area contributed by atoms with Gasteiger partial charge in [-0.1, -0.05) is 18.2 Å². The number of carbonyl (C=O) groups excluding carboxylic acids is 1. The number of aromatic nitrogens is 1. The first-order valence-corrected chi connectivity index (χ1v) is 10.7. The first-order chi connectivity index (χ1) is 14.6. The Labute approximate surface area is 177 Å². The third kappa shape index (κ3) is 3.21. The van der Waals surface area contributed by atoms with Crippen LogP contribution in [0.1, 0.15) is 9.67 Å². The number of nitrogens with one attached hydrogen (secondary N) is 1. The van der Waals surface area contributed by atoms with Crippen molar-refractivity contribution >= 4 is 43.9 Å². The van der Waals surface area contributed by atoms with E-state index >= 15 is 0 Å². The number of pyridine rings is 1. The molecule has 1 aliphatic heterocycles. The van der Waals surface area contributed by atoms with Crippen molar-refractivity contribution < 1.29 is 9.53 Å². The summed E-state index contributed by atoms with van der Waals surface area (Å²) in [5.41, 5.74) is 1.77. The van der Waals surface area contributed by atoms with Gasteiger partial charge in [0.2, 0.25) is 0 Å². The lowest BCUT2D eigenvalue weighted by atomic mass is 10.2. The number of nitrogens with zero attached hydrogens (tertiary/aromatic N) is 2. The van der Waals surface area contributed by atoms with E-state index in [0.29, 0.717) is 23.4 Å². The molecule has 1 N–H and O–H groups in total. The van der Waals surface area contributed by atoms with Gasteiger partial charge in [0, 0.05) is 47.5 Å². The van der Waals surface area contributed by atoms with E-state index in [1.807, 2.05) is 53.4 Å². The second-order valence-electron chi connectivity index (χ2n) is 7.33. The summed E-state index contributed by atoms with van der Waals surface area (Å²) in [5.74, 6) is 0.828. The summed E-state index contributed by atoms with van der Waals surface area (Å²) in [6.45, 7) is 2.84. The van der Waals surface area contributed by atoms with Crippen LogP contribution in [-0.4, -0.2) is 49.1 Å². The molecule has 4 aromatic rings. The molecule has 0 radical (unpaired) electrons. The zero-order chi connectivity index (χ0) is 20.7. The van der Waals surface area contributed by atoms with Crippen molar-refractivity contribution in [3.05, 3.63) is 69.8 Å². The van der Waals surface area contributed by atoms with Gasteiger partial charge in [-0.3, -0.25) is 9.59 Å². The molecule has 5 rings (SSSR count). The highest BCUT2D eigenvalue weighted by Gasteiger charge is 2.24. The molecule has 1 aliphatic rings. The maximum absolute atomic E-state index is 13.1. The number of H-pyrrole nitrogens is 1. The Morgan fingerprint density at radius 2 is 1.73 bits per heavy atom. The van der Waals surface area contributed by atoms with Crippen LogP contribution >= 0.6 is 11.3 Å². The van der Waals surface area contributed by atoms with E-state index in [0.717, 1.165) is 40.1 Å². The third-order valence-electron chi connectivity index (χ3n) is 5.61. The Hall–Kier alpha value is -3.32. The fourth-order valence-corrected chi connectivity index (χ4v) is 5.12. The normalized spacial score (nSPS) is 14.4. The second-order valence-corrected chi connectivity index (χ2v) is 8.38. The van der Waals surface area contributed by atoms with Crippen molar-refractivity contribution in [2.75, 3.05) is 38.2 Å². The van der Waals surface area contributed by atoms with E-state index in [-0.39, 0.29) is 11.5 Å². The molecule has 0 spiro atoms. The SMILES string of the molecule is COc1ccc(N2CCN(C(=O)c3cc4c(=O)[nH]c5ccccc5c4s3)CC2)cc1. The number of hydrogen-bond acceptors (Lipinski definition) is 5. The van der Waals surface area contributed by atoms with E-state index < -0.39 is 0 Å². The van der Waals surface area contributed by atoms with Gasteiger partial charge >= 0.3 is 0 Å². The molecule has 0 saturated carbocycles. The third-order valence-corrected chi connectivity index (χ3v) is 6.77. The van der Waals surface area contributed by atoms with Crippen molar-refractivity contribution in [2.24, 2.45) is 0 Å². The molecule has 7 heteroatoms. The maximum atomic E-state index is 13.1. The van der Waals surface area contributed by atoms with Gasteiger partial charge in [-0.25, -0.2) is 0 Å². The fourth-order valence-electron chi connectivity index (χ4n) is 3.96. The topological polar surface area (TPSA) is 65.6 Å². The zero-order valence-corrected chi connectivity index (χ0v) is 17.4. The smallest absolute Gasteiger partial charge is 0.264 e. The molecule has 0 bridgehead atoms. The van der Waals surface area contributed by atoms with Crippen molar-refractivity contribution in [1.29, 1.82) is 0 Å². The highest BCUT2D eigenvalue weighted by Crippen LogP contribution is 2.30.